The monoisotopic (exact) mass is 257 g/mol. The second-order valence-corrected chi connectivity index (χ2v) is 6.10. The van der Waals surface area contributed by atoms with Gasteiger partial charge in [-0.25, -0.2) is 0 Å². The standard InChI is InChI=1S/C8H19N.C7H16N2/c1-7(2)5-6-9-8(3)4;1-6(2)5-8-9-7(3)4/h7-9H,5-6H2,1-4H3;5-7,9H,1-4H3. The Labute approximate surface area is 115 Å². The van der Waals surface area contributed by atoms with E-state index in [-0.39, 0.29) is 0 Å². The number of hydrazone groups is 1. The Morgan fingerprint density at radius 2 is 1.44 bits per heavy atom. The highest BCUT2D eigenvalue weighted by Crippen LogP contribution is 1.96. The second kappa shape index (κ2) is 12.9. The molecule has 3 nitrogen and oxygen atoms in total. The Bertz CT molecular complexity index is 176. The van der Waals surface area contributed by atoms with Crippen LogP contribution in [0.25, 0.3) is 0 Å². The number of nitrogens with zero attached hydrogens (tertiary/aromatic N) is 1. The lowest BCUT2D eigenvalue weighted by molar-refractivity contribution is 0.504. The quantitative estimate of drug-likeness (QED) is 0.539. The van der Waals surface area contributed by atoms with Crippen LogP contribution in [0.5, 0.6) is 0 Å². The van der Waals surface area contributed by atoms with Crippen molar-refractivity contribution in [1.29, 1.82) is 0 Å². The normalized spacial score (nSPS) is 11.6. The van der Waals surface area contributed by atoms with Crippen molar-refractivity contribution in [2.45, 2.75) is 73.9 Å². The molecule has 3 heteroatoms. The van der Waals surface area contributed by atoms with Gasteiger partial charge in [-0.1, -0.05) is 41.5 Å². The van der Waals surface area contributed by atoms with Crippen molar-refractivity contribution < 1.29 is 0 Å². The number of hydrogen-bond acceptors (Lipinski definition) is 3. The Morgan fingerprint density at radius 3 is 1.78 bits per heavy atom. The molecule has 110 valence electrons. The van der Waals surface area contributed by atoms with E-state index in [1.165, 1.54) is 6.42 Å². The lowest BCUT2D eigenvalue weighted by Crippen LogP contribution is -2.24. The van der Waals surface area contributed by atoms with Gasteiger partial charge in [-0.2, -0.15) is 5.10 Å². The molecule has 2 N–H and O–H groups in total. The molecule has 0 aromatic carbocycles. The van der Waals surface area contributed by atoms with Gasteiger partial charge in [-0.3, -0.25) is 0 Å². The molecule has 0 aliphatic heterocycles. The molecule has 18 heavy (non-hydrogen) atoms. The summed E-state index contributed by atoms with van der Waals surface area (Å²) in [6.45, 7) is 18.4. The zero-order valence-electron chi connectivity index (χ0n) is 13.7. The van der Waals surface area contributed by atoms with Gasteiger partial charge >= 0.3 is 0 Å². The van der Waals surface area contributed by atoms with E-state index < -0.39 is 0 Å². The van der Waals surface area contributed by atoms with E-state index in [0.717, 1.165) is 12.5 Å². The van der Waals surface area contributed by atoms with Gasteiger partial charge in [0, 0.05) is 18.3 Å². The molecule has 0 radical (unpaired) electrons. The molecule has 0 spiro atoms. The second-order valence-electron chi connectivity index (χ2n) is 6.10. The first-order chi connectivity index (χ1) is 8.25. The van der Waals surface area contributed by atoms with Gasteiger partial charge in [-0.05, 0) is 38.6 Å². The van der Waals surface area contributed by atoms with Gasteiger partial charge in [0.05, 0.1) is 0 Å². The zero-order valence-corrected chi connectivity index (χ0v) is 13.7. The van der Waals surface area contributed by atoms with E-state index in [0.29, 0.717) is 18.0 Å². The molecule has 0 rings (SSSR count). The van der Waals surface area contributed by atoms with Gasteiger partial charge in [-0.15, -0.1) is 0 Å². The van der Waals surface area contributed by atoms with Crippen LogP contribution in [0.15, 0.2) is 5.10 Å². The maximum atomic E-state index is 4.00. The minimum absolute atomic E-state index is 0.444. The summed E-state index contributed by atoms with van der Waals surface area (Å²) in [4.78, 5) is 0. The van der Waals surface area contributed by atoms with E-state index in [1.807, 2.05) is 6.21 Å². The summed E-state index contributed by atoms with van der Waals surface area (Å²) in [7, 11) is 0. The summed E-state index contributed by atoms with van der Waals surface area (Å²) >= 11 is 0. The highest BCUT2D eigenvalue weighted by atomic mass is 15.3. The summed E-state index contributed by atoms with van der Waals surface area (Å²) in [5, 5.41) is 7.37. The average molecular weight is 257 g/mol. The van der Waals surface area contributed by atoms with Crippen molar-refractivity contribution in [2.75, 3.05) is 6.54 Å². The smallest absolute Gasteiger partial charge is 0.0383 e. The topological polar surface area (TPSA) is 36.4 Å². The number of rotatable bonds is 7. The molecule has 0 amide bonds. The molecule has 0 saturated carbocycles. The van der Waals surface area contributed by atoms with Crippen LogP contribution < -0.4 is 10.7 Å². The van der Waals surface area contributed by atoms with E-state index in [9.17, 15) is 0 Å². The summed E-state index contributed by atoms with van der Waals surface area (Å²) in [5.74, 6) is 1.37. The van der Waals surface area contributed by atoms with E-state index in [1.54, 1.807) is 0 Å². The van der Waals surface area contributed by atoms with Gasteiger partial charge < -0.3 is 10.7 Å². The zero-order chi connectivity index (χ0) is 14.6. The molecular weight excluding hydrogens is 222 g/mol. The Kier molecular flexibility index (Phi) is 14.1. The fourth-order valence-electron chi connectivity index (χ4n) is 1.00. The van der Waals surface area contributed by atoms with Crippen LogP contribution in [-0.2, 0) is 0 Å². The van der Waals surface area contributed by atoms with Gasteiger partial charge in [0.25, 0.3) is 0 Å². The van der Waals surface area contributed by atoms with Crippen molar-refractivity contribution in [1.82, 2.24) is 10.7 Å². The van der Waals surface area contributed by atoms with Crippen molar-refractivity contribution >= 4 is 6.21 Å². The molecular formula is C15H35N3. The minimum Gasteiger partial charge on any atom is -0.315 e. The van der Waals surface area contributed by atoms with Crippen LogP contribution in [0.3, 0.4) is 0 Å². The molecule has 0 unspecified atom stereocenters. The summed E-state index contributed by atoms with van der Waals surface area (Å²) in [6.07, 6.45) is 3.19. The maximum absolute atomic E-state index is 4.00. The third-order valence-corrected chi connectivity index (χ3v) is 1.98. The minimum atomic E-state index is 0.444. The molecule has 0 bridgehead atoms. The maximum Gasteiger partial charge on any atom is 0.0383 e. The predicted molar refractivity (Wildman–Crippen MR) is 84.2 cm³/mol. The molecule has 0 aromatic heterocycles. The SMILES string of the molecule is CC(C)C=NNC(C)C.CC(C)CCNC(C)C. The van der Waals surface area contributed by atoms with Crippen molar-refractivity contribution in [2.24, 2.45) is 16.9 Å². The average Bonchev–Trinajstić information content (AvgIpc) is 2.15. The van der Waals surface area contributed by atoms with Crippen molar-refractivity contribution in [3.63, 3.8) is 0 Å². The van der Waals surface area contributed by atoms with Crippen LogP contribution in [0, 0.1) is 11.8 Å². The lowest BCUT2D eigenvalue weighted by Gasteiger charge is -2.08. The van der Waals surface area contributed by atoms with E-state index in [4.69, 9.17) is 0 Å². The van der Waals surface area contributed by atoms with E-state index >= 15 is 0 Å². The van der Waals surface area contributed by atoms with E-state index in [2.05, 4.69) is 71.2 Å². The number of nitrogens with one attached hydrogen (secondary N) is 2. The summed E-state index contributed by atoms with van der Waals surface area (Å²) in [6, 6.07) is 1.09. The molecule has 0 aliphatic rings. The third-order valence-electron chi connectivity index (χ3n) is 1.98. The molecule has 0 aromatic rings. The van der Waals surface area contributed by atoms with Crippen LogP contribution in [0.2, 0.25) is 0 Å². The molecule has 0 fully saturated rings. The van der Waals surface area contributed by atoms with Gasteiger partial charge in [0.1, 0.15) is 0 Å². The molecule has 0 atom stereocenters. The summed E-state index contributed by atoms with van der Waals surface area (Å²) < 4.78 is 0. The molecule has 0 saturated heterocycles. The van der Waals surface area contributed by atoms with Crippen LogP contribution >= 0.6 is 0 Å². The van der Waals surface area contributed by atoms with Gasteiger partial charge in [0.15, 0.2) is 0 Å². The summed E-state index contributed by atoms with van der Waals surface area (Å²) in [5.41, 5.74) is 2.95. The predicted octanol–water partition coefficient (Wildman–Crippen LogP) is 3.66. The first-order valence-corrected chi connectivity index (χ1v) is 7.27. The van der Waals surface area contributed by atoms with Crippen molar-refractivity contribution in [3.8, 4) is 0 Å². The van der Waals surface area contributed by atoms with Crippen molar-refractivity contribution in [3.05, 3.63) is 0 Å². The number of hydrogen-bond donors (Lipinski definition) is 2. The fraction of sp³-hybridized carbons (Fsp3) is 0.933. The van der Waals surface area contributed by atoms with Crippen LogP contribution in [-0.4, -0.2) is 24.8 Å². The Hall–Kier alpha value is -0.570. The first kappa shape index (κ1) is 19.8. The van der Waals surface area contributed by atoms with Crippen LogP contribution in [0.4, 0.5) is 0 Å². The first-order valence-electron chi connectivity index (χ1n) is 7.27. The Morgan fingerprint density at radius 1 is 0.889 bits per heavy atom. The molecule has 0 aliphatic carbocycles. The molecule has 0 heterocycles. The van der Waals surface area contributed by atoms with Gasteiger partial charge in [0.2, 0.25) is 0 Å². The lowest BCUT2D eigenvalue weighted by atomic mass is 10.1. The largest absolute Gasteiger partial charge is 0.315 e. The van der Waals surface area contributed by atoms with Crippen LogP contribution in [0.1, 0.15) is 61.8 Å². The highest BCUT2D eigenvalue weighted by Gasteiger charge is 1.94. The fourth-order valence-corrected chi connectivity index (χ4v) is 1.00. The highest BCUT2D eigenvalue weighted by molar-refractivity contribution is 5.59. The Balaban J connectivity index is 0. The third kappa shape index (κ3) is 24.6.